The molecule has 0 saturated carbocycles. The molecule has 0 aromatic heterocycles. The van der Waals surface area contributed by atoms with Gasteiger partial charge in [0.2, 0.25) is 0 Å². The van der Waals surface area contributed by atoms with E-state index >= 15 is 0 Å². The molecule has 3 heteroatoms. The van der Waals surface area contributed by atoms with Gasteiger partial charge in [-0.15, -0.1) is 0 Å². The summed E-state index contributed by atoms with van der Waals surface area (Å²) in [6, 6.07) is 0.732. The number of fused-ring (bicyclic) bond motifs is 1. The second-order valence-electron chi connectivity index (χ2n) is 11.3. The molecule has 2 aliphatic heterocycles. The maximum absolute atomic E-state index is 12.2. The number of carbonyl (C=O) groups is 1. The zero-order valence-electron chi connectivity index (χ0n) is 21.9. The van der Waals surface area contributed by atoms with Crippen molar-refractivity contribution in [2.45, 2.75) is 148 Å². The molecule has 2 fully saturated rings. The predicted octanol–water partition coefficient (Wildman–Crippen LogP) is 8.20. The highest BCUT2D eigenvalue weighted by Crippen LogP contribution is 2.36. The Balaban J connectivity index is 1.37. The van der Waals surface area contributed by atoms with Gasteiger partial charge in [0.15, 0.2) is 0 Å². The van der Waals surface area contributed by atoms with Gasteiger partial charge < -0.3 is 9.22 Å². The number of hydrogen-bond acceptors (Lipinski definition) is 2. The second kappa shape index (κ2) is 17.0. The quantitative estimate of drug-likeness (QED) is 0.119. The third-order valence-electron chi connectivity index (χ3n) is 8.45. The summed E-state index contributed by atoms with van der Waals surface area (Å²) in [4.78, 5) is 12.2. The summed E-state index contributed by atoms with van der Waals surface area (Å²) >= 11 is 0. The van der Waals surface area contributed by atoms with E-state index < -0.39 is 0 Å². The Labute approximate surface area is 200 Å². The molecule has 0 spiro atoms. The number of quaternary nitrogens is 1. The summed E-state index contributed by atoms with van der Waals surface area (Å²) in [5.41, 5.74) is 0. The standard InChI is InChI=1S/C29H56NO2/c1-3-4-5-6-7-8-9-10-11-12-13-14-15-16-17-23-29(31)32-26-27-21-20-25-30(2)24-19-18-22-28(27)30/h27-28H,3-26H2,1-2H3/q+1/t27-,28+,30-/m0/s1. The first-order valence-corrected chi connectivity index (χ1v) is 14.7. The Hall–Kier alpha value is -0.570. The molecule has 0 aliphatic carbocycles. The maximum Gasteiger partial charge on any atom is 0.305 e. The number of esters is 1. The van der Waals surface area contributed by atoms with Gasteiger partial charge in [-0.1, -0.05) is 96.8 Å². The van der Waals surface area contributed by atoms with Gasteiger partial charge in [-0.05, 0) is 32.1 Å². The van der Waals surface area contributed by atoms with Crippen LogP contribution >= 0.6 is 0 Å². The summed E-state index contributed by atoms with van der Waals surface area (Å²) in [6.45, 7) is 5.62. The van der Waals surface area contributed by atoms with E-state index in [9.17, 15) is 4.79 Å². The van der Waals surface area contributed by atoms with Gasteiger partial charge in [0.25, 0.3) is 0 Å². The van der Waals surface area contributed by atoms with Crippen LogP contribution in [-0.4, -0.2) is 43.2 Å². The second-order valence-corrected chi connectivity index (χ2v) is 11.3. The average Bonchev–Trinajstić information content (AvgIpc) is 2.79. The van der Waals surface area contributed by atoms with Gasteiger partial charge in [-0.25, -0.2) is 0 Å². The van der Waals surface area contributed by atoms with Crippen molar-refractivity contribution in [2.24, 2.45) is 5.92 Å². The molecule has 2 saturated heterocycles. The highest BCUT2D eigenvalue weighted by Gasteiger charge is 2.43. The molecule has 0 radical (unpaired) electrons. The molecule has 2 heterocycles. The van der Waals surface area contributed by atoms with E-state index in [-0.39, 0.29) is 5.97 Å². The first kappa shape index (κ1) is 27.7. The molecule has 0 amide bonds. The fourth-order valence-electron chi connectivity index (χ4n) is 6.34. The lowest BCUT2D eigenvalue weighted by Crippen LogP contribution is -2.61. The van der Waals surface area contributed by atoms with Crippen molar-refractivity contribution in [2.75, 3.05) is 26.7 Å². The highest BCUT2D eigenvalue weighted by molar-refractivity contribution is 5.69. The minimum Gasteiger partial charge on any atom is -0.465 e. The third-order valence-corrected chi connectivity index (χ3v) is 8.45. The Bertz CT molecular complexity index is 476. The maximum atomic E-state index is 12.2. The van der Waals surface area contributed by atoms with E-state index in [1.165, 1.54) is 140 Å². The lowest BCUT2D eigenvalue weighted by Gasteiger charge is -2.51. The predicted molar refractivity (Wildman–Crippen MR) is 137 cm³/mol. The average molecular weight is 451 g/mol. The molecule has 32 heavy (non-hydrogen) atoms. The molecule has 3 nitrogen and oxygen atoms in total. The van der Waals surface area contributed by atoms with Crippen molar-refractivity contribution in [3.8, 4) is 0 Å². The molecule has 188 valence electrons. The summed E-state index contributed by atoms with van der Waals surface area (Å²) in [6.07, 6.45) is 27.7. The van der Waals surface area contributed by atoms with Crippen LogP contribution in [0.1, 0.15) is 142 Å². The number of hydrogen-bond donors (Lipinski definition) is 0. The number of ether oxygens (including phenoxy) is 1. The fraction of sp³-hybridized carbons (Fsp3) is 0.966. The molecule has 0 N–H and O–H groups in total. The van der Waals surface area contributed by atoms with Gasteiger partial charge in [-0.3, -0.25) is 4.79 Å². The zero-order valence-corrected chi connectivity index (χ0v) is 21.9. The Kier molecular flexibility index (Phi) is 14.7. The number of nitrogens with zero attached hydrogens (tertiary/aromatic N) is 1. The number of carbonyl (C=O) groups excluding carboxylic acids is 1. The lowest BCUT2D eigenvalue weighted by molar-refractivity contribution is -0.947. The zero-order chi connectivity index (χ0) is 22.9. The molecule has 0 aromatic carbocycles. The Morgan fingerprint density at radius 3 is 1.84 bits per heavy atom. The number of unbranched alkanes of at least 4 members (excludes halogenated alkanes) is 14. The van der Waals surface area contributed by atoms with Crippen LogP contribution in [0.4, 0.5) is 0 Å². The summed E-state index contributed by atoms with van der Waals surface area (Å²) in [5.74, 6) is 0.648. The van der Waals surface area contributed by atoms with E-state index in [1.807, 2.05) is 0 Å². The summed E-state index contributed by atoms with van der Waals surface area (Å²) in [7, 11) is 2.44. The van der Waals surface area contributed by atoms with E-state index in [0.717, 1.165) is 12.5 Å². The molecule has 2 rings (SSSR count). The Morgan fingerprint density at radius 1 is 0.719 bits per heavy atom. The van der Waals surface area contributed by atoms with E-state index in [0.29, 0.717) is 18.9 Å². The van der Waals surface area contributed by atoms with Crippen molar-refractivity contribution >= 4 is 5.97 Å². The molecule has 3 atom stereocenters. The lowest BCUT2D eigenvalue weighted by atomic mass is 9.82. The Morgan fingerprint density at radius 2 is 1.25 bits per heavy atom. The van der Waals surface area contributed by atoms with Gasteiger partial charge in [0.1, 0.15) is 0 Å². The van der Waals surface area contributed by atoms with Crippen LogP contribution in [0, 0.1) is 5.92 Å². The minimum atomic E-state index is 0.0512. The summed E-state index contributed by atoms with van der Waals surface area (Å²) in [5, 5.41) is 0. The number of rotatable bonds is 18. The van der Waals surface area contributed by atoms with Gasteiger partial charge >= 0.3 is 5.97 Å². The van der Waals surface area contributed by atoms with Crippen molar-refractivity contribution in [3.63, 3.8) is 0 Å². The van der Waals surface area contributed by atoms with Crippen LogP contribution in [0.25, 0.3) is 0 Å². The highest BCUT2D eigenvalue weighted by atomic mass is 16.5. The largest absolute Gasteiger partial charge is 0.465 e. The van der Waals surface area contributed by atoms with Crippen molar-refractivity contribution in [1.29, 1.82) is 0 Å². The van der Waals surface area contributed by atoms with E-state index in [2.05, 4.69) is 14.0 Å². The fourth-order valence-corrected chi connectivity index (χ4v) is 6.34. The number of piperidine rings is 2. The monoisotopic (exact) mass is 450 g/mol. The van der Waals surface area contributed by atoms with E-state index in [4.69, 9.17) is 4.74 Å². The minimum absolute atomic E-state index is 0.0512. The van der Waals surface area contributed by atoms with E-state index in [1.54, 1.807) is 0 Å². The topological polar surface area (TPSA) is 26.3 Å². The third kappa shape index (κ3) is 11.0. The smallest absolute Gasteiger partial charge is 0.305 e. The van der Waals surface area contributed by atoms with Gasteiger partial charge in [0, 0.05) is 18.8 Å². The van der Waals surface area contributed by atoms with Crippen LogP contribution in [0.5, 0.6) is 0 Å². The first-order chi connectivity index (χ1) is 15.7. The van der Waals surface area contributed by atoms with Crippen LogP contribution in [0.2, 0.25) is 0 Å². The normalized spacial score (nSPS) is 25.4. The molecule has 2 aliphatic rings. The molecule has 0 unspecified atom stereocenters. The van der Waals surface area contributed by atoms with Gasteiger partial charge in [0.05, 0.1) is 32.8 Å². The molecule has 0 bridgehead atoms. The van der Waals surface area contributed by atoms with Crippen LogP contribution in [0.15, 0.2) is 0 Å². The van der Waals surface area contributed by atoms with Crippen LogP contribution < -0.4 is 0 Å². The molecule has 0 aromatic rings. The SMILES string of the molecule is CCCCCCCCCCCCCCCCCC(=O)OC[C@@H]1CCC[N@+]2(C)CCCC[C@H]12. The van der Waals surface area contributed by atoms with Crippen molar-refractivity contribution in [1.82, 2.24) is 0 Å². The molecular formula is C29H56NO2+. The first-order valence-electron chi connectivity index (χ1n) is 14.7. The summed E-state index contributed by atoms with van der Waals surface area (Å²) < 4.78 is 6.98. The van der Waals surface area contributed by atoms with Crippen LogP contribution in [-0.2, 0) is 9.53 Å². The van der Waals surface area contributed by atoms with Crippen molar-refractivity contribution in [3.05, 3.63) is 0 Å². The van der Waals surface area contributed by atoms with Gasteiger partial charge in [-0.2, -0.15) is 0 Å². The van der Waals surface area contributed by atoms with Crippen LogP contribution in [0.3, 0.4) is 0 Å². The van der Waals surface area contributed by atoms with Crippen molar-refractivity contribution < 1.29 is 14.0 Å². The molecular weight excluding hydrogens is 394 g/mol.